The van der Waals surface area contributed by atoms with Gasteiger partial charge >= 0.3 is 6.03 Å². The standard InChI is InChI=1S/C23H33N3O3/c1-3-16-25(23(28)24(2)20-11-5-4-6-12-20)17-9-18-29-26-21-13-8-7-10-19(21)14-15-22(26)27/h7-8,10,13-15,20H,3-6,9,11-12,16-18H2,1-2H3. The molecule has 0 N–H and O–H groups in total. The van der Waals surface area contributed by atoms with E-state index in [1.165, 1.54) is 30.1 Å². The van der Waals surface area contributed by atoms with Crippen molar-refractivity contribution in [2.75, 3.05) is 26.7 Å². The number of pyridine rings is 1. The molecule has 1 heterocycles. The van der Waals surface area contributed by atoms with E-state index in [-0.39, 0.29) is 11.6 Å². The van der Waals surface area contributed by atoms with Crippen LogP contribution in [0.15, 0.2) is 41.2 Å². The summed E-state index contributed by atoms with van der Waals surface area (Å²) in [5.74, 6) is 0. The molecule has 0 atom stereocenters. The fraction of sp³-hybridized carbons (Fsp3) is 0.565. The van der Waals surface area contributed by atoms with Gasteiger partial charge in [0.1, 0.15) is 6.61 Å². The van der Waals surface area contributed by atoms with Crippen LogP contribution in [0.25, 0.3) is 10.9 Å². The third-order valence-electron chi connectivity index (χ3n) is 5.74. The zero-order valence-corrected chi connectivity index (χ0v) is 17.7. The molecule has 6 nitrogen and oxygen atoms in total. The highest BCUT2D eigenvalue weighted by molar-refractivity contribution is 5.78. The monoisotopic (exact) mass is 399 g/mol. The largest absolute Gasteiger partial charge is 0.410 e. The van der Waals surface area contributed by atoms with Gasteiger partial charge in [0.15, 0.2) is 0 Å². The van der Waals surface area contributed by atoms with E-state index < -0.39 is 0 Å². The first-order valence-corrected chi connectivity index (χ1v) is 10.9. The highest BCUT2D eigenvalue weighted by atomic mass is 16.7. The molecule has 1 aromatic heterocycles. The summed E-state index contributed by atoms with van der Waals surface area (Å²) in [5.41, 5.74) is 0.584. The van der Waals surface area contributed by atoms with Crippen LogP contribution in [0.4, 0.5) is 4.79 Å². The second-order valence-electron chi connectivity index (χ2n) is 7.88. The molecule has 1 aliphatic rings. The second kappa shape index (κ2) is 10.3. The van der Waals surface area contributed by atoms with Gasteiger partial charge in [-0.15, -0.1) is 4.73 Å². The van der Waals surface area contributed by atoms with Gasteiger partial charge in [-0.25, -0.2) is 4.79 Å². The van der Waals surface area contributed by atoms with Gasteiger partial charge in [0.25, 0.3) is 5.56 Å². The van der Waals surface area contributed by atoms with Crippen LogP contribution in [0, 0.1) is 0 Å². The summed E-state index contributed by atoms with van der Waals surface area (Å²) in [5, 5.41) is 0.962. The molecule has 3 rings (SSSR count). The number of carbonyl (C=O) groups is 1. The molecule has 0 radical (unpaired) electrons. The number of fused-ring (bicyclic) bond motifs is 1. The number of amides is 2. The van der Waals surface area contributed by atoms with E-state index in [0.717, 1.165) is 36.7 Å². The smallest absolute Gasteiger partial charge is 0.319 e. The first-order valence-electron chi connectivity index (χ1n) is 10.9. The van der Waals surface area contributed by atoms with Gasteiger partial charge in [-0.1, -0.05) is 44.4 Å². The van der Waals surface area contributed by atoms with Gasteiger partial charge in [0.05, 0.1) is 5.52 Å². The molecule has 0 spiro atoms. The van der Waals surface area contributed by atoms with Gasteiger partial charge < -0.3 is 14.6 Å². The molecule has 158 valence electrons. The van der Waals surface area contributed by atoms with Crippen LogP contribution in [0.3, 0.4) is 0 Å². The molecule has 1 aromatic carbocycles. The predicted octanol–water partition coefficient (Wildman–Crippen LogP) is 3.92. The first-order chi connectivity index (χ1) is 14.1. The molecule has 6 heteroatoms. The maximum atomic E-state index is 13.0. The normalized spacial score (nSPS) is 14.7. The summed E-state index contributed by atoms with van der Waals surface area (Å²) in [6.07, 6.45) is 7.52. The molecular weight excluding hydrogens is 366 g/mol. The van der Waals surface area contributed by atoms with Crippen LogP contribution in [0.1, 0.15) is 51.9 Å². The Balaban J connectivity index is 1.56. The molecule has 29 heavy (non-hydrogen) atoms. The fourth-order valence-electron chi connectivity index (χ4n) is 4.13. The number of hydrogen-bond donors (Lipinski definition) is 0. The van der Waals surface area contributed by atoms with Crippen LogP contribution in [0.5, 0.6) is 0 Å². The van der Waals surface area contributed by atoms with Crippen molar-refractivity contribution < 1.29 is 9.63 Å². The van der Waals surface area contributed by atoms with Crippen molar-refractivity contribution >= 4 is 16.9 Å². The summed E-state index contributed by atoms with van der Waals surface area (Å²) < 4.78 is 1.36. The lowest BCUT2D eigenvalue weighted by Gasteiger charge is -2.35. The number of urea groups is 1. The number of rotatable bonds is 8. The molecule has 2 amide bonds. The Morgan fingerprint density at radius 1 is 1.10 bits per heavy atom. The van der Waals surface area contributed by atoms with Gasteiger partial charge in [-0.3, -0.25) is 4.79 Å². The number of hydrogen-bond acceptors (Lipinski definition) is 3. The maximum Gasteiger partial charge on any atom is 0.319 e. The minimum Gasteiger partial charge on any atom is -0.410 e. The molecule has 1 aliphatic carbocycles. The maximum absolute atomic E-state index is 13.0. The fourth-order valence-corrected chi connectivity index (χ4v) is 4.13. The Morgan fingerprint density at radius 3 is 2.62 bits per heavy atom. The van der Waals surface area contributed by atoms with Gasteiger partial charge in [0.2, 0.25) is 0 Å². The Hall–Kier alpha value is -2.50. The summed E-state index contributed by atoms with van der Waals surface area (Å²) >= 11 is 0. The molecule has 2 aromatic rings. The van der Waals surface area contributed by atoms with E-state index >= 15 is 0 Å². The highest BCUT2D eigenvalue weighted by Gasteiger charge is 2.25. The van der Waals surface area contributed by atoms with Crippen molar-refractivity contribution in [1.82, 2.24) is 14.5 Å². The van der Waals surface area contributed by atoms with Gasteiger partial charge in [-0.2, -0.15) is 0 Å². The van der Waals surface area contributed by atoms with Crippen LogP contribution in [0.2, 0.25) is 0 Å². The number of aromatic nitrogens is 1. The zero-order chi connectivity index (χ0) is 20.6. The minimum absolute atomic E-state index is 0.112. The number of para-hydroxylation sites is 1. The lowest BCUT2D eigenvalue weighted by molar-refractivity contribution is 0.0971. The molecule has 0 unspecified atom stereocenters. The summed E-state index contributed by atoms with van der Waals surface area (Å²) in [6, 6.07) is 11.5. The number of carbonyl (C=O) groups excluding carboxylic acids is 1. The minimum atomic E-state index is -0.178. The van der Waals surface area contributed by atoms with Crippen molar-refractivity contribution in [3.05, 3.63) is 46.8 Å². The Kier molecular flexibility index (Phi) is 7.55. The topological polar surface area (TPSA) is 54.8 Å². The lowest BCUT2D eigenvalue weighted by Crippen LogP contribution is -2.47. The van der Waals surface area contributed by atoms with E-state index in [9.17, 15) is 9.59 Å². The van der Waals surface area contributed by atoms with Crippen LogP contribution < -0.4 is 10.4 Å². The Labute approximate surface area is 173 Å². The van der Waals surface area contributed by atoms with Crippen LogP contribution >= 0.6 is 0 Å². The Bertz CT molecular complexity index is 858. The number of benzene rings is 1. The van der Waals surface area contributed by atoms with Crippen molar-refractivity contribution in [3.8, 4) is 0 Å². The molecule has 1 fully saturated rings. The van der Waals surface area contributed by atoms with Crippen molar-refractivity contribution in [2.45, 2.75) is 57.9 Å². The molecular formula is C23H33N3O3. The van der Waals surface area contributed by atoms with Gasteiger partial charge in [0, 0.05) is 44.1 Å². The SMILES string of the molecule is CCCN(CCCOn1c(=O)ccc2ccccc21)C(=O)N(C)C1CCCCC1. The number of nitrogens with zero attached hydrogens (tertiary/aromatic N) is 3. The van der Waals surface area contributed by atoms with E-state index in [2.05, 4.69) is 6.92 Å². The van der Waals surface area contributed by atoms with Crippen molar-refractivity contribution in [1.29, 1.82) is 0 Å². The second-order valence-corrected chi connectivity index (χ2v) is 7.88. The molecule has 0 aliphatic heterocycles. The van der Waals surface area contributed by atoms with E-state index in [1.54, 1.807) is 6.07 Å². The van der Waals surface area contributed by atoms with Gasteiger partial charge in [-0.05, 0) is 31.4 Å². The van der Waals surface area contributed by atoms with Crippen LogP contribution in [-0.2, 0) is 0 Å². The zero-order valence-electron chi connectivity index (χ0n) is 17.7. The lowest BCUT2D eigenvalue weighted by atomic mass is 9.95. The molecule has 0 saturated heterocycles. The highest BCUT2D eigenvalue weighted by Crippen LogP contribution is 2.22. The van der Waals surface area contributed by atoms with E-state index in [0.29, 0.717) is 25.6 Å². The van der Waals surface area contributed by atoms with Crippen molar-refractivity contribution in [3.63, 3.8) is 0 Å². The molecule has 0 bridgehead atoms. The molecule has 1 saturated carbocycles. The van der Waals surface area contributed by atoms with Crippen molar-refractivity contribution in [2.24, 2.45) is 0 Å². The third kappa shape index (κ3) is 5.31. The summed E-state index contributed by atoms with van der Waals surface area (Å²) in [4.78, 5) is 34.8. The summed E-state index contributed by atoms with van der Waals surface area (Å²) in [6.45, 7) is 3.84. The quantitative estimate of drug-likeness (QED) is 0.632. The average Bonchev–Trinajstić information content (AvgIpc) is 2.76. The van der Waals surface area contributed by atoms with E-state index in [4.69, 9.17) is 4.84 Å². The van der Waals surface area contributed by atoms with E-state index in [1.807, 2.05) is 41.1 Å². The summed E-state index contributed by atoms with van der Waals surface area (Å²) in [7, 11) is 1.94. The Morgan fingerprint density at radius 2 is 1.86 bits per heavy atom. The predicted molar refractivity (Wildman–Crippen MR) is 116 cm³/mol. The average molecular weight is 400 g/mol. The third-order valence-corrected chi connectivity index (χ3v) is 5.74. The van der Waals surface area contributed by atoms with Crippen LogP contribution in [-0.4, -0.2) is 53.3 Å². The first kappa shape index (κ1) is 21.2.